The van der Waals surface area contributed by atoms with Gasteiger partial charge in [-0.2, -0.15) is 0 Å². The fraction of sp³-hybridized carbons (Fsp3) is 0.333. The third kappa shape index (κ3) is 3.80. The van der Waals surface area contributed by atoms with E-state index >= 15 is 0 Å². The van der Waals surface area contributed by atoms with Gasteiger partial charge in [0.15, 0.2) is 17.5 Å². The number of pyridine rings is 1. The Morgan fingerprint density at radius 3 is 2.42 bits per heavy atom. The van der Waals surface area contributed by atoms with Crippen molar-refractivity contribution >= 4 is 17.4 Å². The molecule has 1 saturated heterocycles. The maximum atomic E-state index is 13.7. The second-order valence-electron chi connectivity index (χ2n) is 6.00. The Hall–Kier alpha value is -2.61. The van der Waals surface area contributed by atoms with Gasteiger partial charge in [0.25, 0.3) is 5.91 Å². The van der Waals surface area contributed by atoms with E-state index in [2.05, 4.69) is 27.0 Å². The van der Waals surface area contributed by atoms with Crippen LogP contribution < -0.4 is 10.2 Å². The maximum Gasteiger partial charge on any atom is 0.259 e. The number of halogens is 3. The van der Waals surface area contributed by atoms with Gasteiger partial charge in [-0.3, -0.25) is 4.79 Å². The van der Waals surface area contributed by atoms with E-state index < -0.39 is 28.9 Å². The minimum Gasteiger partial charge on any atom is -0.368 e. The number of benzene rings is 1. The molecule has 1 N–H and O–H groups in total. The average molecular weight is 364 g/mol. The summed E-state index contributed by atoms with van der Waals surface area (Å²) in [6, 6.07) is 5.01. The molecule has 0 aliphatic carbocycles. The summed E-state index contributed by atoms with van der Waals surface area (Å²) in [4.78, 5) is 20.8. The molecule has 138 valence electrons. The van der Waals surface area contributed by atoms with Gasteiger partial charge in [-0.15, -0.1) is 0 Å². The zero-order valence-corrected chi connectivity index (χ0v) is 14.3. The monoisotopic (exact) mass is 364 g/mol. The highest BCUT2D eigenvalue weighted by Crippen LogP contribution is 2.19. The summed E-state index contributed by atoms with van der Waals surface area (Å²) in [6.07, 6.45) is 1.62. The van der Waals surface area contributed by atoms with E-state index in [4.69, 9.17) is 0 Å². The maximum absolute atomic E-state index is 13.7. The lowest BCUT2D eigenvalue weighted by Crippen LogP contribution is -2.46. The number of piperazine rings is 1. The highest BCUT2D eigenvalue weighted by Gasteiger charge is 2.20. The van der Waals surface area contributed by atoms with E-state index in [0.29, 0.717) is 6.07 Å². The quantitative estimate of drug-likeness (QED) is 0.848. The van der Waals surface area contributed by atoms with Gasteiger partial charge in [0.1, 0.15) is 5.82 Å². The number of carbonyl (C=O) groups is 1. The summed E-state index contributed by atoms with van der Waals surface area (Å²) >= 11 is 0. The van der Waals surface area contributed by atoms with E-state index in [1.165, 1.54) is 0 Å². The van der Waals surface area contributed by atoms with Crippen LogP contribution >= 0.6 is 0 Å². The molecule has 1 fully saturated rings. The largest absolute Gasteiger partial charge is 0.368 e. The van der Waals surface area contributed by atoms with Gasteiger partial charge < -0.3 is 15.1 Å². The number of nitrogens with one attached hydrogen (secondary N) is 1. The average Bonchev–Trinajstić information content (AvgIpc) is 2.67. The summed E-state index contributed by atoms with van der Waals surface area (Å²) in [6.45, 7) is 6.89. The number of anilines is 2. The lowest BCUT2D eigenvalue weighted by Gasteiger charge is -2.35. The minimum absolute atomic E-state index is 0.204. The van der Waals surface area contributed by atoms with Crippen LogP contribution in [0.1, 0.15) is 17.3 Å². The molecule has 0 spiro atoms. The molecule has 2 aromatic rings. The van der Waals surface area contributed by atoms with E-state index in [1.54, 1.807) is 12.3 Å². The SMILES string of the molecule is CCN1CCN(c2ccc(NC(=O)c3ccc(F)c(F)c3F)nc2)CC1. The third-order valence-electron chi connectivity index (χ3n) is 4.45. The number of rotatable bonds is 4. The first-order valence-electron chi connectivity index (χ1n) is 8.37. The van der Waals surface area contributed by atoms with Gasteiger partial charge in [0.05, 0.1) is 17.4 Å². The van der Waals surface area contributed by atoms with Crippen LogP contribution in [-0.4, -0.2) is 48.5 Å². The normalized spacial score (nSPS) is 15.2. The minimum atomic E-state index is -1.67. The number of likely N-dealkylation sites (N-methyl/N-ethyl adjacent to an activating group) is 1. The second-order valence-corrected chi connectivity index (χ2v) is 6.00. The van der Waals surface area contributed by atoms with Gasteiger partial charge >= 0.3 is 0 Å². The predicted molar refractivity (Wildman–Crippen MR) is 92.8 cm³/mol. The van der Waals surface area contributed by atoms with Crippen molar-refractivity contribution < 1.29 is 18.0 Å². The van der Waals surface area contributed by atoms with Crippen molar-refractivity contribution in [1.29, 1.82) is 0 Å². The predicted octanol–water partition coefficient (Wildman–Crippen LogP) is 2.89. The van der Waals surface area contributed by atoms with Gasteiger partial charge in [0, 0.05) is 26.2 Å². The van der Waals surface area contributed by atoms with E-state index in [9.17, 15) is 18.0 Å². The molecule has 1 aliphatic heterocycles. The number of amides is 1. The Morgan fingerprint density at radius 1 is 1.08 bits per heavy atom. The van der Waals surface area contributed by atoms with Crippen LogP contribution in [0.25, 0.3) is 0 Å². The molecule has 1 aromatic carbocycles. The van der Waals surface area contributed by atoms with Crippen molar-refractivity contribution in [3.8, 4) is 0 Å². The van der Waals surface area contributed by atoms with Gasteiger partial charge in [-0.25, -0.2) is 18.2 Å². The molecule has 1 amide bonds. The Balaban J connectivity index is 1.66. The first-order chi connectivity index (χ1) is 12.5. The summed E-state index contributed by atoms with van der Waals surface area (Å²) in [5.41, 5.74) is 0.350. The summed E-state index contributed by atoms with van der Waals surface area (Å²) in [5.74, 6) is -5.22. The summed E-state index contributed by atoms with van der Waals surface area (Å²) < 4.78 is 39.9. The van der Waals surface area contributed by atoms with Crippen LogP contribution in [0, 0.1) is 17.5 Å². The van der Waals surface area contributed by atoms with Crippen LogP contribution in [0.2, 0.25) is 0 Å². The number of hydrogen-bond donors (Lipinski definition) is 1. The van der Waals surface area contributed by atoms with Gasteiger partial charge in [-0.05, 0) is 30.8 Å². The molecule has 8 heteroatoms. The molecule has 5 nitrogen and oxygen atoms in total. The topological polar surface area (TPSA) is 48.5 Å². The van der Waals surface area contributed by atoms with Crippen LogP contribution in [0.5, 0.6) is 0 Å². The zero-order valence-electron chi connectivity index (χ0n) is 14.3. The molecule has 2 heterocycles. The smallest absolute Gasteiger partial charge is 0.259 e. The molecule has 0 saturated carbocycles. The lowest BCUT2D eigenvalue weighted by atomic mass is 10.2. The highest BCUT2D eigenvalue weighted by molar-refractivity contribution is 6.04. The molecule has 0 radical (unpaired) electrons. The van der Waals surface area contributed by atoms with Gasteiger partial charge in [0.2, 0.25) is 0 Å². The second kappa shape index (κ2) is 7.74. The van der Waals surface area contributed by atoms with Crippen molar-refractivity contribution in [3.63, 3.8) is 0 Å². The first kappa shape index (κ1) is 18.2. The van der Waals surface area contributed by atoms with E-state index in [1.807, 2.05) is 6.07 Å². The van der Waals surface area contributed by atoms with Crippen LogP contribution in [0.15, 0.2) is 30.5 Å². The van der Waals surface area contributed by atoms with Crippen molar-refractivity contribution in [2.75, 3.05) is 42.9 Å². The molecule has 0 unspecified atom stereocenters. The Bertz CT molecular complexity index is 790. The molecule has 3 rings (SSSR count). The van der Waals surface area contributed by atoms with Gasteiger partial charge in [-0.1, -0.05) is 6.92 Å². The van der Waals surface area contributed by atoms with Crippen molar-refractivity contribution in [2.45, 2.75) is 6.92 Å². The molecule has 1 aliphatic rings. The summed E-state index contributed by atoms with van der Waals surface area (Å²) in [7, 11) is 0. The Labute approximate surface area is 149 Å². The summed E-state index contributed by atoms with van der Waals surface area (Å²) in [5, 5.41) is 2.39. The van der Waals surface area contributed by atoms with E-state index in [-0.39, 0.29) is 5.82 Å². The van der Waals surface area contributed by atoms with Crippen molar-refractivity contribution in [1.82, 2.24) is 9.88 Å². The van der Waals surface area contributed by atoms with Crippen molar-refractivity contribution in [2.24, 2.45) is 0 Å². The number of nitrogens with zero attached hydrogens (tertiary/aromatic N) is 3. The van der Waals surface area contributed by atoms with Crippen LogP contribution in [-0.2, 0) is 0 Å². The molecule has 0 bridgehead atoms. The van der Waals surface area contributed by atoms with Crippen LogP contribution in [0.4, 0.5) is 24.7 Å². The molecule has 1 aromatic heterocycles. The fourth-order valence-electron chi connectivity index (χ4n) is 2.85. The highest BCUT2D eigenvalue weighted by atomic mass is 19.2. The number of aromatic nitrogens is 1. The standard InChI is InChI=1S/C18H19F3N4O/c1-2-24-7-9-25(10-8-24)12-3-6-15(22-11-12)23-18(26)13-4-5-14(19)17(21)16(13)20/h3-6,11H,2,7-10H2,1H3,(H,22,23,26). The lowest BCUT2D eigenvalue weighted by molar-refractivity contribution is 0.102. The molecular formula is C18H19F3N4O. The first-order valence-corrected chi connectivity index (χ1v) is 8.37. The molecule has 26 heavy (non-hydrogen) atoms. The van der Waals surface area contributed by atoms with E-state index in [0.717, 1.165) is 44.5 Å². The zero-order chi connectivity index (χ0) is 18.7. The molecular weight excluding hydrogens is 345 g/mol. The molecule has 0 atom stereocenters. The third-order valence-corrected chi connectivity index (χ3v) is 4.45. The number of hydrogen-bond acceptors (Lipinski definition) is 4. The van der Waals surface area contributed by atoms with Crippen molar-refractivity contribution in [3.05, 3.63) is 53.5 Å². The Morgan fingerprint density at radius 2 is 1.81 bits per heavy atom. The number of carbonyl (C=O) groups excluding carboxylic acids is 1. The Kier molecular flexibility index (Phi) is 5.41. The fourth-order valence-corrected chi connectivity index (χ4v) is 2.85. The van der Waals surface area contributed by atoms with Crippen LogP contribution in [0.3, 0.4) is 0 Å².